The van der Waals surface area contributed by atoms with E-state index in [-0.39, 0.29) is 0 Å². The highest BCUT2D eigenvalue weighted by molar-refractivity contribution is 5.06. The molecule has 0 N–H and O–H groups in total. The van der Waals surface area contributed by atoms with Gasteiger partial charge in [0.2, 0.25) is 0 Å². The lowest BCUT2D eigenvalue weighted by Gasteiger charge is -1.79. The monoisotopic (exact) mass is 110 g/mol. The van der Waals surface area contributed by atoms with Gasteiger partial charge in [-0.05, 0) is 6.08 Å². The summed E-state index contributed by atoms with van der Waals surface area (Å²) in [6.07, 6.45) is 8.77. The van der Waals surface area contributed by atoms with Gasteiger partial charge < -0.3 is 4.74 Å². The van der Waals surface area contributed by atoms with Crippen LogP contribution in [0.4, 0.5) is 0 Å². The summed E-state index contributed by atoms with van der Waals surface area (Å²) < 4.78 is 4.62. The fraction of sp³-hybridized carbons (Fsp3) is 0.143. The average Bonchev–Trinajstić information content (AvgIpc) is 1.81. The Morgan fingerprint density at radius 3 is 2.50 bits per heavy atom. The molecule has 0 unspecified atom stereocenters. The van der Waals surface area contributed by atoms with Crippen molar-refractivity contribution in [2.24, 2.45) is 0 Å². The summed E-state index contributed by atoms with van der Waals surface area (Å²) in [6, 6.07) is 0. The first-order valence-electron chi connectivity index (χ1n) is 2.39. The highest BCUT2D eigenvalue weighted by Crippen LogP contribution is 1.76. The molecule has 0 saturated heterocycles. The number of rotatable bonds is 3. The van der Waals surface area contributed by atoms with Gasteiger partial charge in [-0.25, -0.2) is 0 Å². The lowest BCUT2D eigenvalue weighted by Crippen LogP contribution is -1.59. The van der Waals surface area contributed by atoms with Crippen LogP contribution in [0, 0.1) is 0 Å². The summed E-state index contributed by atoms with van der Waals surface area (Å²) in [5, 5.41) is 0. The molecule has 0 aromatic carbocycles. The summed E-state index contributed by atoms with van der Waals surface area (Å²) in [7, 11) is 1.61. The van der Waals surface area contributed by atoms with Crippen LogP contribution in [-0.2, 0) is 4.74 Å². The lowest BCUT2D eigenvalue weighted by molar-refractivity contribution is 0.338. The third kappa shape index (κ3) is 5.02. The predicted octanol–water partition coefficient (Wildman–Crippen LogP) is 1.89. The molecular weight excluding hydrogens is 100 g/mol. The van der Waals surface area contributed by atoms with Gasteiger partial charge in [0, 0.05) is 0 Å². The molecule has 44 valence electrons. The van der Waals surface area contributed by atoms with E-state index in [2.05, 4.69) is 11.3 Å². The van der Waals surface area contributed by atoms with Crippen LogP contribution in [0.1, 0.15) is 0 Å². The summed E-state index contributed by atoms with van der Waals surface area (Å²) in [5.74, 6) is 0. The van der Waals surface area contributed by atoms with Gasteiger partial charge in [0.05, 0.1) is 13.4 Å². The molecule has 0 aliphatic rings. The van der Waals surface area contributed by atoms with E-state index in [0.29, 0.717) is 0 Å². The molecule has 0 amide bonds. The third-order valence-electron chi connectivity index (χ3n) is 0.573. The highest BCUT2D eigenvalue weighted by Gasteiger charge is 1.57. The van der Waals surface area contributed by atoms with Crippen LogP contribution < -0.4 is 0 Å². The second-order valence-corrected chi connectivity index (χ2v) is 1.18. The molecule has 8 heavy (non-hydrogen) atoms. The minimum atomic E-state index is 1.60. The zero-order chi connectivity index (χ0) is 6.24. The first-order chi connectivity index (χ1) is 3.91. The lowest BCUT2D eigenvalue weighted by atomic mass is 10.5. The first kappa shape index (κ1) is 7.02. The Balaban J connectivity index is 3.26. The summed E-state index contributed by atoms with van der Waals surface area (Å²) in [6.45, 7) is 3.50. The normalized spacial score (nSPS) is 10.6. The van der Waals surface area contributed by atoms with Crippen LogP contribution in [0.25, 0.3) is 0 Å². The van der Waals surface area contributed by atoms with E-state index in [1.807, 2.05) is 12.2 Å². The van der Waals surface area contributed by atoms with Gasteiger partial charge >= 0.3 is 0 Å². The van der Waals surface area contributed by atoms with Crippen molar-refractivity contribution in [2.45, 2.75) is 0 Å². The molecule has 0 heterocycles. The van der Waals surface area contributed by atoms with Crippen molar-refractivity contribution in [1.29, 1.82) is 0 Å². The van der Waals surface area contributed by atoms with Gasteiger partial charge in [-0.3, -0.25) is 0 Å². The maximum absolute atomic E-state index is 4.62. The molecule has 0 rings (SSSR count). The van der Waals surface area contributed by atoms with Crippen LogP contribution in [0.15, 0.2) is 37.1 Å². The van der Waals surface area contributed by atoms with Crippen molar-refractivity contribution in [3.8, 4) is 0 Å². The maximum atomic E-state index is 4.62. The topological polar surface area (TPSA) is 9.23 Å². The van der Waals surface area contributed by atoms with Crippen molar-refractivity contribution in [2.75, 3.05) is 7.11 Å². The van der Waals surface area contributed by atoms with Gasteiger partial charge in [0.1, 0.15) is 0 Å². The maximum Gasteiger partial charge on any atom is 0.0824 e. The molecule has 0 radical (unpaired) electrons. The van der Waals surface area contributed by atoms with Gasteiger partial charge in [-0.1, -0.05) is 24.8 Å². The van der Waals surface area contributed by atoms with Gasteiger partial charge in [0.15, 0.2) is 0 Å². The molecule has 0 fully saturated rings. The SMILES string of the molecule is C=C/C=C\C=C\OC. The van der Waals surface area contributed by atoms with Gasteiger partial charge in [0.25, 0.3) is 0 Å². The van der Waals surface area contributed by atoms with Crippen molar-refractivity contribution < 1.29 is 4.74 Å². The number of ether oxygens (including phenoxy) is 1. The van der Waals surface area contributed by atoms with Crippen molar-refractivity contribution >= 4 is 0 Å². The van der Waals surface area contributed by atoms with Crippen LogP contribution in [0.2, 0.25) is 0 Å². The van der Waals surface area contributed by atoms with Gasteiger partial charge in [-0.2, -0.15) is 0 Å². The van der Waals surface area contributed by atoms with Crippen LogP contribution in [0.5, 0.6) is 0 Å². The van der Waals surface area contributed by atoms with E-state index in [9.17, 15) is 0 Å². The van der Waals surface area contributed by atoms with E-state index < -0.39 is 0 Å². The molecule has 0 aliphatic carbocycles. The van der Waals surface area contributed by atoms with Crippen molar-refractivity contribution in [3.05, 3.63) is 37.1 Å². The summed E-state index contributed by atoms with van der Waals surface area (Å²) >= 11 is 0. The van der Waals surface area contributed by atoms with Crippen molar-refractivity contribution in [1.82, 2.24) is 0 Å². The Bertz CT molecular complexity index is 101. The average molecular weight is 110 g/mol. The molecule has 0 atom stereocenters. The number of hydrogen-bond acceptors (Lipinski definition) is 1. The summed E-state index contributed by atoms with van der Waals surface area (Å²) in [4.78, 5) is 0. The summed E-state index contributed by atoms with van der Waals surface area (Å²) in [5.41, 5.74) is 0. The standard InChI is InChI=1S/C7H10O/c1-3-4-5-6-7-8-2/h3-7H,1H2,2H3/b5-4-,7-6+. The minimum Gasteiger partial charge on any atom is -0.504 e. The Morgan fingerprint density at radius 1 is 1.25 bits per heavy atom. The van der Waals surface area contributed by atoms with E-state index in [1.54, 1.807) is 25.5 Å². The second-order valence-electron chi connectivity index (χ2n) is 1.18. The van der Waals surface area contributed by atoms with E-state index in [1.165, 1.54) is 0 Å². The van der Waals surface area contributed by atoms with Crippen LogP contribution in [0.3, 0.4) is 0 Å². The molecule has 0 bridgehead atoms. The van der Waals surface area contributed by atoms with Gasteiger partial charge in [-0.15, -0.1) is 0 Å². The zero-order valence-corrected chi connectivity index (χ0v) is 5.00. The first-order valence-corrected chi connectivity index (χ1v) is 2.39. The number of methoxy groups -OCH3 is 1. The highest BCUT2D eigenvalue weighted by atomic mass is 16.5. The van der Waals surface area contributed by atoms with Crippen LogP contribution in [-0.4, -0.2) is 7.11 Å². The fourth-order valence-electron chi connectivity index (χ4n) is 0.267. The second kappa shape index (κ2) is 6.02. The Labute approximate surface area is 50.0 Å². The molecule has 1 nitrogen and oxygen atoms in total. The molecular formula is C7H10O. The Kier molecular flexibility index (Phi) is 5.28. The fourth-order valence-corrected chi connectivity index (χ4v) is 0.267. The number of hydrogen-bond donors (Lipinski definition) is 0. The largest absolute Gasteiger partial charge is 0.504 e. The smallest absolute Gasteiger partial charge is 0.0824 e. The molecule has 0 aromatic rings. The van der Waals surface area contributed by atoms with E-state index >= 15 is 0 Å². The van der Waals surface area contributed by atoms with Crippen molar-refractivity contribution in [3.63, 3.8) is 0 Å². The number of allylic oxidation sites excluding steroid dienone is 4. The van der Waals surface area contributed by atoms with E-state index in [4.69, 9.17) is 0 Å². The van der Waals surface area contributed by atoms with E-state index in [0.717, 1.165) is 0 Å². The molecule has 0 aromatic heterocycles. The third-order valence-corrected chi connectivity index (χ3v) is 0.573. The quantitative estimate of drug-likeness (QED) is 0.398. The Hall–Kier alpha value is -0.980. The zero-order valence-electron chi connectivity index (χ0n) is 5.00. The predicted molar refractivity (Wildman–Crippen MR) is 35.5 cm³/mol. The molecule has 0 spiro atoms. The Morgan fingerprint density at radius 2 is 2.00 bits per heavy atom. The minimum absolute atomic E-state index is 1.60. The molecule has 0 aliphatic heterocycles. The molecule has 1 heteroatoms. The van der Waals surface area contributed by atoms with Crippen LogP contribution >= 0.6 is 0 Å². The molecule has 0 saturated carbocycles.